The molecule has 0 saturated heterocycles. The molecule has 1 aliphatic rings. The maximum atomic E-state index is 12.1. The van der Waals surface area contributed by atoms with Gasteiger partial charge in [-0.3, -0.25) is 9.36 Å². The molecule has 5 heteroatoms. The van der Waals surface area contributed by atoms with Crippen molar-refractivity contribution in [3.05, 3.63) is 26.9 Å². The second-order valence-electron chi connectivity index (χ2n) is 4.66. The molecular weight excluding hydrogens is 234 g/mol. The van der Waals surface area contributed by atoms with E-state index in [0.717, 1.165) is 24.8 Å². The van der Waals surface area contributed by atoms with Crippen LogP contribution >= 0.6 is 12.2 Å². The average molecular weight is 251 g/mol. The van der Waals surface area contributed by atoms with E-state index < -0.39 is 0 Å². The summed E-state index contributed by atoms with van der Waals surface area (Å²) < 4.78 is 3.73. The summed E-state index contributed by atoms with van der Waals surface area (Å²) in [6, 6.07) is 0.162. The first kappa shape index (κ1) is 12.2. The third kappa shape index (κ3) is 2.11. The van der Waals surface area contributed by atoms with Crippen molar-refractivity contribution in [2.75, 3.05) is 0 Å². The Morgan fingerprint density at radius 1 is 1.47 bits per heavy atom. The van der Waals surface area contributed by atoms with Crippen molar-refractivity contribution in [3.63, 3.8) is 0 Å². The molecule has 0 bridgehead atoms. The normalized spacial score (nSPS) is 15.4. The molecule has 1 aliphatic carbocycles. The van der Waals surface area contributed by atoms with E-state index in [9.17, 15) is 4.79 Å². The Bertz CT molecular complexity index is 580. The maximum Gasteiger partial charge on any atom is 0.280 e. The molecule has 0 fully saturated rings. The quantitative estimate of drug-likeness (QED) is 0.758. The largest absolute Gasteiger partial charge is 0.285 e. The van der Waals surface area contributed by atoms with E-state index in [1.807, 2.05) is 13.8 Å². The number of hydrogen-bond donors (Lipinski definition) is 0. The average Bonchev–Trinajstić information content (AvgIpc) is 2.79. The zero-order valence-corrected chi connectivity index (χ0v) is 11.3. The molecule has 0 atom stereocenters. The highest BCUT2D eigenvalue weighted by atomic mass is 32.1. The topological polar surface area (TPSA) is 39.8 Å². The zero-order chi connectivity index (χ0) is 12.6. The first-order chi connectivity index (χ1) is 8.02. The fourth-order valence-electron chi connectivity index (χ4n) is 2.02. The monoisotopic (exact) mass is 251 g/mol. The molecule has 0 radical (unpaired) electrons. The molecule has 1 aromatic rings. The maximum absolute atomic E-state index is 12.1. The van der Waals surface area contributed by atoms with Gasteiger partial charge in [0, 0.05) is 13.1 Å². The van der Waals surface area contributed by atoms with Crippen LogP contribution < -0.4 is 5.56 Å². The number of nitrogens with zero attached hydrogens (tertiary/aromatic N) is 3. The van der Waals surface area contributed by atoms with Crippen molar-refractivity contribution in [2.24, 2.45) is 7.05 Å². The predicted molar refractivity (Wildman–Crippen MR) is 70.5 cm³/mol. The molecule has 1 aromatic heterocycles. The lowest BCUT2D eigenvalue weighted by atomic mass is 10.2. The van der Waals surface area contributed by atoms with E-state index in [4.69, 9.17) is 12.2 Å². The van der Waals surface area contributed by atoms with Crippen LogP contribution in [0.1, 0.15) is 44.8 Å². The molecule has 0 saturated carbocycles. The summed E-state index contributed by atoms with van der Waals surface area (Å²) in [5, 5.41) is 4.43. The summed E-state index contributed by atoms with van der Waals surface area (Å²) in [4.78, 5) is 12.1. The van der Waals surface area contributed by atoms with Gasteiger partial charge in [-0.2, -0.15) is 5.10 Å². The van der Waals surface area contributed by atoms with Gasteiger partial charge < -0.3 is 0 Å². The number of hydrogen-bond acceptors (Lipinski definition) is 3. The number of aromatic nitrogens is 3. The summed E-state index contributed by atoms with van der Waals surface area (Å²) in [5.74, 6) is 0. The van der Waals surface area contributed by atoms with Crippen LogP contribution in [0, 0.1) is 4.77 Å². The van der Waals surface area contributed by atoms with Crippen LogP contribution in [0.3, 0.4) is 0 Å². The Balaban J connectivity index is 2.68. The molecule has 0 spiro atoms. The van der Waals surface area contributed by atoms with Gasteiger partial charge in [-0.05, 0) is 50.9 Å². The smallest absolute Gasteiger partial charge is 0.280 e. The van der Waals surface area contributed by atoms with Crippen molar-refractivity contribution in [3.8, 4) is 0 Å². The third-order valence-corrected chi connectivity index (χ3v) is 3.49. The molecule has 0 aliphatic heterocycles. The summed E-state index contributed by atoms with van der Waals surface area (Å²) >= 11 is 5.24. The molecule has 0 unspecified atom stereocenters. The van der Waals surface area contributed by atoms with Crippen molar-refractivity contribution in [1.29, 1.82) is 0 Å². The Morgan fingerprint density at radius 3 is 2.71 bits per heavy atom. The van der Waals surface area contributed by atoms with Crippen LogP contribution in [0.4, 0.5) is 0 Å². The molecule has 0 amide bonds. The lowest BCUT2D eigenvalue weighted by Crippen LogP contribution is -2.29. The van der Waals surface area contributed by atoms with Gasteiger partial charge in [-0.15, -0.1) is 0 Å². The van der Waals surface area contributed by atoms with Crippen molar-refractivity contribution < 1.29 is 0 Å². The van der Waals surface area contributed by atoms with Crippen molar-refractivity contribution in [2.45, 2.75) is 39.2 Å². The second kappa shape index (κ2) is 4.56. The van der Waals surface area contributed by atoms with Gasteiger partial charge in [-0.25, -0.2) is 4.68 Å². The van der Waals surface area contributed by atoms with E-state index >= 15 is 0 Å². The van der Waals surface area contributed by atoms with Crippen LogP contribution in [0.25, 0.3) is 5.57 Å². The fraction of sp³-hybridized carbons (Fsp3) is 0.583. The second-order valence-corrected chi connectivity index (χ2v) is 5.02. The van der Waals surface area contributed by atoms with Crippen LogP contribution in [0.2, 0.25) is 0 Å². The summed E-state index contributed by atoms with van der Waals surface area (Å²) in [6.07, 6.45) is 5.20. The molecule has 0 aromatic carbocycles. The minimum absolute atomic E-state index is 0.0833. The minimum Gasteiger partial charge on any atom is -0.285 e. The van der Waals surface area contributed by atoms with Gasteiger partial charge in [0.1, 0.15) is 0 Å². The highest BCUT2D eigenvalue weighted by Crippen LogP contribution is 2.24. The van der Waals surface area contributed by atoms with Gasteiger partial charge in [0.05, 0.1) is 0 Å². The molecule has 4 nitrogen and oxygen atoms in total. The summed E-state index contributed by atoms with van der Waals surface area (Å²) in [5.41, 5.74) is 1.54. The molecule has 17 heavy (non-hydrogen) atoms. The van der Waals surface area contributed by atoms with Gasteiger partial charge in [0.25, 0.3) is 5.56 Å². The zero-order valence-electron chi connectivity index (χ0n) is 10.4. The van der Waals surface area contributed by atoms with Gasteiger partial charge >= 0.3 is 0 Å². The Labute approximate surface area is 106 Å². The summed E-state index contributed by atoms with van der Waals surface area (Å²) in [7, 11) is 1.71. The molecular formula is C12H17N3OS. The highest BCUT2D eigenvalue weighted by molar-refractivity contribution is 7.71. The van der Waals surface area contributed by atoms with Crippen molar-refractivity contribution >= 4 is 17.8 Å². The minimum atomic E-state index is -0.0833. The van der Waals surface area contributed by atoms with Crippen LogP contribution in [0.5, 0.6) is 0 Å². The van der Waals surface area contributed by atoms with Gasteiger partial charge in [0.15, 0.2) is 10.5 Å². The first-order valence-corrected chi connectivity index (χ1v) is 6.32. The highest BCUT2D eigenvalue weighted by Gasteiger charge is 2.16. The molecule has 1 heterocycles. The fourth-order valence-corrected chi connectivity index (χ4v) is 2.35. The van der Waals surface area contributed by atoms with Crippen molar-refractivity contribution in [1.82, 2.24) is 14.3 Å². The van der Waals surface area contributed by atoms with E-state index in [0.29, 0.717) is 10.5 Å². The van der Waals surface area contributed by atoms with E-state index in [-0.39, 0.29) is 11.6 Å². The van der Waals surface area contributed by atoms with Crippen LogP contribution in [-0.4, -0.2) is 14.3 Å². The van der Waals surface area contributed by atoms with E-state index in [1.54, 1.807) is 11.7 Å². The summed E-state index contributed by atoms with van der Waals surface area (Å²) in [6.45, 7) is 4.03. The van der Waals surface area contributed by atoms with Gasteiger partial charge in [-0.1, -0.05) is 6.08 Å². The van der Waals surface area contributed by atoms with E-state index in [2.05, 4.69) is 11.2 Å². The van der Waals surface area contributed by atoms with E-state index in [1.165, 1.54) is 4.57 Å². The number of allylic oxidation sites excluding steroid dienone is 2. The first-order valence-electron chi connectivity index (χ1n) is 5.91. The number of rotatable bonds is 2. The molecule has 92 valence electrons. The molecule has 2 rings (SSSR count). The predicted octanol–water partition coefficient (Wildman–Crippen LogP) is 2.46. The lowest BCUT2D eigenvalue weighted by molar-refractivity contribution is 0.474. The Hall–Kier alpha value is -1.23. The third-order valence-electron chi connectivity index (χ3n) is 3.03. The lowest BCUT2D eigenvalue weighted by Gasteiger charge is -2.14. The standard InChI is InChI=1S/C12H17N3OS/c1-8(2)15-12(17)14(3)11(16)10(13-15)9-6-4-5-7-9/h6,8H,4-5,7H2,1-3H3. The Morgan fingerprint density at radius 2 is 2.18 bits per heavy atom. The van der Waals surface area contributed by atoms with Gasteiger partial charge in [0.2, 0.25) is 0 Å². The Kier molecular flexibility index (Phi) is 3.28. The van der Waals surface area contributed by atoms with Crippen LogP contribution in [0.15, 0.2) is 10.9 Å². The SMILES string of the molecule is CC(C)n1nc(C2=CCCC2)c(=O)n(C)c1=S. The van der Waals surface area contributed by atoms with Crippen LogP contribution in [-0.2, 0) is 7.05 Å². The molecule has 0 N–H and O–H groups in total.